The molecule has 202 valence electrons. The predicted molar refractivity (Wildman–Crippen MR) is 145 cm³/mol. The van der Waals surface area contributed by atoms with E-state index in [0.717, 1.165) is 42.7 Å². The zero-order valence-electron chi connectivity index (χ0n) is 20.9. The molecule has 1 aliphatic rings. The molecule has 0 aliphatic heterocycles. The van der Waals surface area contributed by atoms with E-state index in [9.17, 15) is 22.4 Å². The summed E-state index contributed by atoms with van der Waals surface area (Å²) < 4.78 is 39.8. The maximum absolute atomic E-state index is 13.7. The average molecular weight is 573 g/mol. The molecule has 0 saturated heterocycles. The van der Waals surface area contributed by atoms with Gasteiger partial charge in [0.15, 0.2) is 0 Å². The van der Waals surface area contributed by atoms with E-state index in [4.69, 9.17) is 23.2 Å². The monoisotopic (exact) mass is 571 g/mol. The van der Waals surface area contributed by atoms with Crippen LogP contribution in [0.5, 0.6) is 0 Å². The maximum Gasteiger partial charge on any atom is 0.244 e. The highest BCUT2D eigenvalue weighted by Crippen LogP contribution is 2.30. The number of sulfonamides is 1. The molecule has 1 N–H and O–H groups in total. The number of benzene rings is 2. The minimum atomic E-state index is -3.93. The van der Waals surface area contributed by atoms with E-state index in [0.29, 0.717) is 17.0 Å². The van der Waals surface area contributed by atoms with Crippen LogP contribution in [-0.2, 0) is 26.2 Å². The van der Waals surface area contributed by atoms with Crippen molar-refractivity contribution < 1.29 is 22.4 Å². The van der Waals surface area contributed by atoms with Crippen molar-refractivity contribution in [1.29, 1.82) is 0 Å². The summed E-state index contributed by atoms with van der Waals surface area (Å²) in [6, 6.07) is 9.11. The first-order valence-corrected chi connectivity index (χ1v) is 14.9. The van der Waals surface area contributed by atoms with Crippen LogP contribution in [0.4, 0.5) is 10.1 Å². The highest BCUT2D eigenvalue weighted by atomic mass is 35.5. The largest absolute Gasteiger partial charge is 0.352 e. The molecule has 2 aromatic carbocycles. The number of hydrogen-bond acceptors (Lipinski definition) is 4. The van der Waals surface area contributed by atoms with Crippen LogP contribution in [0.15, 0.2) is 42.5 Å². The molecule has 11 heteroatoms. The fraction of sp³-hybridized carbons (Fsp3) is 0.462. The van der Waals surface area contributed by atoms with Crippen LogP contribution in [0.2, 0.25) is 10.0 Å². The lowest BCUT2D eigenvalue weighted by Gasteiger charge is -2.34. The van der Waals surface area contributed by atoms with Crippen molar-refractivity contribution >= 4 is 50.7 Å². The number of rotatable bonds is 10. The van der Waals surface area contributed by atoms with Gasteiger partial charge in [-0.3, -0.25) is 13.9 Å². The van der Waals surface area contributed by atoms with Crippen molar-refractivity contribution in [2.24, 2.45) is 0 Å². The number of carbonyl (C=O) groups excluding carboxylic acids is 2. The molecule has 3 rings (SSSR count). The van der Waals surface area contributed by atoms with E-state index in [-0.39, 0.29) is 29.2 Å². The summed E-state index contributed by atoms with van der Waals surface area (Å²) in [4.78, 5) is 28.4. The summed E-state index contributed by atoms with van der Waals surface area (Å²) in [6.45, 7) is 1.22. The van der Waals surface area contributed by atoms with Gasteiger partial charge in [-0.25, -0.2) is 12.8 Å². The maximum atomic E-state index is 13.7. The number of nitrogens with zero attached hydrogens (tertiary/aromatic N) is 2. The van der Waals surface area contributed by atoms with Gasteiger partial charge in [0.2, 0.25) is 21.8 Å². The van der Waals surface area contributed by atoms with Gasteiger partial charge in [-0.2, -0.15) is 0 Å². The van der Waals surface area contributed by atoms with Crippen LogP contribution in [-0.4, -0.2) is 50.0 Å². The zero-order valence-corrected chi connectivity index (χ0v) is 23.3. The van der Waals surface area contributed by atoms with Crippen LogP contribution in [0.3, 0.4) is 0 Å². The molecule has 2 amide bonds. The Morgan fingerprint density at radius 2 is 1.73 bits per heavy atom. The Hall–Kier alpha value is -2.36. The third-order valence-electron chi connectivity index (χ3n) is 6.46. The van der Waals surface area contributed by atoms with Gasteiger partial charge in [0.1, 0.15) is 18.4 Å². The first kappa shape index (κ1) is 29.2. The Morgan fingerprint density at radius 1 is 1.08 bits per heavy atom. The van der Waals surface area contributed by atoms with E-state index in [1.807, 2.05) is 0 Å². The second-order valence-electron chi connectivity index (χ2n) is 9.28. The summed E-state index contributed by atoms with van der Waals surface area (Å²) in [7, 11) is -3.93. The molecule has 1 saturated carbocycles. The van der Waals surface area contributed by atoms with E-state index >= 15 is 0 Å². The lowest BCUT2D eigenvalue weighted by molar-refractivity contribution is -0.140. The molecule has 0 aromatic heterocycles. The number of anilines is 1. The first-order chi connectivity index (χ1) is 17.5. The molecule has 1 atom stereocenters. The summed E-state index contributed by atoms with van der Waals surface area (Å²) >= 11 is 12.2. The normalized spacial score (nSPS) is 15.2. The molecular formula is C26H32Cl2FN3O4S. The quantitative estimate of drug-likeness (QED) is 0.427. The Morgan fingerprint density at radius 3 is 2.30 bits per heavy atom. The smallest absolute Gasteiger partial charge is 0.244 e. The molecule has 1 fully saturated rings. The molecule has 2 aromatic rings. The molecule has 37 heavy (non-hydrogen) atoms. The van der Waals surface area contributed by atoms with Crippen molar-refractivity contribution in [2.75, 3.05) is 17.1 Å². The summed E-state index contributed by atoms with van der Waals surface area (Å²) in [5.74, 6) is -1.31. The molecule has 7 nitrogen and oxygen atoms in total. The highest BCUT2D eigenvalue weighted by Gasteiger charge is 2.33. The molecular weight excluding hydrogens is 540 g/mol. The summed E-state index contributed by atoms with van der Waals surface area (Å²) in [5, 5.41) is 3.45. The Bertz CT molecular complexity index is 1200. The van der Waals surface area contributed by atoms with Gasteiger partial charge in [-0.15, -0.1) is 0 Å². The van der Waals surface area contributed by atoms with Gasteiger partial charge in [-0.1, -0.05) is 61.5 Å². The van der Waals surface area contributed by atoms with Gasteiger partial charge in [-0.05, 0) is 55.2 Å². The fourth-order valence-corrected chi connectivity index (χ4v) is 5.95. The number of amides is 2. The third-order valence-corrected chi connectivity index (χ3v) is 8.13. The first-order valence-electron chi connectivity index (χ1n) is 12.3. The predicted octanol–water partition coefficient (Wildman–Crippen LogP) is 5.15. The van der Waals surface area contributed by atoms with Crippen molar-refractivity contribution in [3.63, 3.8) is 0 Å². The fourth-order valence-electron chi connectivity index (χ4n) is 4.53. The minimum absolute atomic E-state index is 0.00165. The van der Waals surface area contributed by atoms with Crippen LogP contribution in [0, 0.1) is 5.82 Å². The van der Waals surface area contributed by atoms with Crippen LogP contribution < -0.4 is 9.62 Å². The molecule has 0 radical (unpaired) electrons. The summed E-state index contributed by atoms with van der Waals surface area (Å²) in [5.41, 5.74) is 0.706. The van der Waals surface area contributed by atoms with Gasteiger partial charge >= 0.3 is 0 Å². The van der Waals surface area contributed by atoms with Crippen LogP contribution in [0.1, 0.15) is 51.0 Å². The van der Waals surface area contributed by atoms with Crippen molar-refractivity contribution in [2.45, 2.75) is 64.1 Å². The Labute approximate surface area is 228 Å². The third kappa shape index (κ3) is 8.06. The molecule has 0 heterocycles. The van der Waals surface area contributed by atoms with Crippen LogP contribution in [0.25, 0.3) is 0 Å². The number of carbonyl (C=O) groups is 2. The lowest BCUT2D eigenvalue weighted by atomic mass is 9.95. The summed E-state index contributed by atoms with van der Waals surface area (Å²) in [6.07, 6.45) is 6.24. The van der Waals surface area contributed by atoms with Gasteiger partial charge < -0.3 is 10.2 Å². The van der Waals surface area contributed by atoms with Crippen molar-refractivity contribution in [1.82, 2.24) is 10.2 Å². The van der Waals surface area contributed by atoms with Crippen LogP contribution >= 0.6 is 23.2 Å². The molecule has 0 unspecified atom stereocenters. The Balaban J connectivity index is 1.93. The van der Waals surface area contributed by atoms with E-state index < -0.39 is 34.3 Å². The second-order valence-corrected chi connectivity index (χ2v) is 12.0. The van der Waals surface area contributed by atoms with Crippen molar-refractivity contribution in [3.8, 4) is 0 Å². The van der Waals surface area contributed by atoms with E-state index in [1.54, 1.807) is 6.92 Å². The highest BCUT2D eigenvalue weighted by molar-refractivity contribution is 7.92. The van der Waals surface area contributed by atoms with Crippen molar-refractivity contribution in [3.05, 3.63) is 63.9 Å². The second kappa shape index (κ2) is 12.9. The number of nitrogens with one attached hydrogen (secondary N) is 1. The van der Waals surface area contributed by atoms with E-state index in [1.165, 1.54) is 47.4 Å². The van der Waals surface area contributed by atoms with Gasteiger partial charge in [0.05, 0.1) is 17.0 Å². The lowest BCUT2D eigenvalue weighted by Crippen LogP contribution is -2.54. The zero-order chi connectivity index (χ0) is 27.2. The minimum Gasteiger partial charge on any atom is -0.352 e. The SMILES string of the molecule is CC[C@H](C(=O)NC1CCCCC1)N(Cc1ccc(F)cc1)C(=O)CN(c1ccc(Cl)cc1Cl)S(C)(=O)=O. The van der Waals surface area contributed by atoms with Gasteiger partial charge in [0, 0.05) is 17.6 Å². The molecule has 0 spiro atoms. The number of hydrogen-bond donors (Lipinski definition) is 1. The topological polar surface area (TPSA) is 86.8 Å². The van der Waals surface area contributed by atoms with Gasteiger partial charge in [0.25, 0.3) is 0 Å². The Kier molecular flexibility index (Phi) is 10.2. The van der Waals surface area contributed by atoms with E-state index in [2.05, 4.69) is 5.32 Å². The molecule has 1 aliphatic carbocycles. The average Bonchev–Trinajstić information content (AvgIpc) is 2.84. The number of halogens is 3. The standard InChI is InChI=1S/C26H32Cl2FN3O4S/c1-3-23(26(34)30-21-7-5-4-6-8-21)31(16-18-9-12-20(29)13-10-18)25(33)17-32(37(2,35)36)24-14-11-19(27)15-22(24)28/h9-15,21,23H,3-8,16-17H2,1-2H3,(H,30,34)/t23-/m1/s1. The molecule has 0 bridgehead atoms.